The Morgan fingerprint density at radius 3 is 1.91 bits per heavy atom. The van der Waals surface area contributed by atoms with E-state index >= 15 is 0 Å². The molecule has 1 amide bonds. The van der Waals surface area contributed by atoms with Crippen LogP contribution in [0.3, 0.4) is 0 Å². The quantitative estimate of drug-likeness (QED) is 0.127. The Morgan fingerprint density at radius 1 is 0.939 bits per heavy atom. The van der Waals surface area contributed by atoms with Crippen LogP contribution in [0.4, 0.5) is 0 Å². The predicted octanol–water partition coefficient (Wildman–Crippen LogP) is 0.0347. The first-order valence-electron chi connectivity index (χ1n) is 10.4. The molecule has 15 nitrogen and oxygen atoms in total. The lowest BCUT2D eigenvalue weighted by Crippen LogP contribution is -2.32. The predicted molar refractivity (Wildman–Crippen MR) is 114 cm³/mol. The average molecular weight is 467 g/mol. The molecule has 0 aliphatic heterocycles. The number of carbonyl (C=O) groups is 1. The fourth-order valence-electron chi connectivity index (χ4n) is 2.66. The number of hydrogen-bond donors (Lipinski definition) is 0. The number of azide groups is 1. The largest absolute Gasteiger partial charge is 0.382 e. The molecule has 2 aromatic heterocycles. The number of rotatable bonds is 18. The molecule has 0 unspecified atom stereocenters. The van der Waals surface area contributed by atoms with E-state index in [1.54, 1.807) is 36.0 Å². The second-order valence-electron chi connectivity index (χ2n) is 6.80. The molecule has 0 saturated carbocycles. The Bertz CT molecular complexity index is 812. The fraction of sp³-hybridized carbons (Fsp3) is 0.722. The minimum absolute atomic E-state index is 0.178. The maximum absolute atomic E-state index is 12.6. The molecular weight excluding hydrogens is 436 g/mol. The van der Waals surface area contributed by atoms with E-state index < -0.39 is 0 Å². The van der Waals surface area contributed by atoms with Crippen molar-refractivity contribution in [2.45, 2.75) is 26.2 Å². The summed E-state index contributed by atoms with van der Waals surface area (Å²) in [5.74, 6) is -0.359. The minimum Gasteiger partial charge on any atom is -0.382 e. The van der Waals surface area contributed by atoms with E-state index in [2.05, 4.69) is 30.7 Å². The summed E-state index contributed by atoms with van der Waals surface area (Å²) in [5.41, 5.74) is 9.72. The van der Waals surface area contributed by atoms with E-state index in [0.717, 1.165) is 0 Å². The van der Waals surface area contributed by atoms with Gasteiger partial charge in [-0.25, -0.2) is 9.36 Å². The Morgan fingerprint density at radius 2 is 1.45 bits per heavy atom. The monoisotopic (exact) mass is 466 g/mol. The Kier molecular flexibility index (Phi) is 12.4. The zero-order valence-corrected chi connectivity index (χ0v) is 18.9. The smallest absolute Gasteiger partial charge is 0.229 e. The number of methoxy groups -OCH3 is 2. The van der Waals surface area contributed by atoms with Gasteiger partial charge in [-0.2, -0.15) is 0 Å². The lowest BCUT2D eigenvalue weighted by molar-refractivity contribution is -0.131. The van der Waals surface area contributed by atoms with Crippen molar-refractivity contribution < 1.29 is 23.7 Å². The van der Waals surface area contributed by atoms with Crippen molar-refractivity contribution in [1.82, 2.24) is 34.9 Å². The van der Waals surface area contributed by atoms with Crippen molar-refractivity contribution in [2.24, 2.45) is 5.11 Å². The van der Waals surface area contributed by atoms with E-state index in [9.17, 15) is 4.79 Å². The molecule has 2 rings (SSSR count). The average Bonchev–Trinajstić information content (AvgIpc) is 3.46. The molecule has 2 aromatic rings. The number of hydrogen-bond acceptors (Lipinski definition) is 10. The van der Waals surface area contributed by atoms with Gasteiger partial charge in [0.05, 0.1) is 78.2 Å². The zero-order valence-electron chi connectivity index (χ0n) is 18.9. The third-order valence-electron chi connectivity index (χ3n) is 4.29. The molecular formula is C18H30N10O5. The molecule has 182 valence electrons. The highest BCUT2D eigenvalue weighted by Gasteiger charge is 2.17. The molecule has 2 heterocycles. The molecule has 0 N–H and O–H groups in total. The van der Waals surface area contributed by atoms with Gasteiger partial charge in [-0.05, 0) is 5.53 Å². The third kappa shape index (κ3) is 10.4. The molecule has 0 aliphatic rings. The number of amides is 1. The van der Waals surface area contributed by atoms with Gasteiger partial charge >= 0.3 is 0 Å². The number of ether oxygens (including phenoxy) is 4. The lowest BCUT2D eigenvalue weighted by atomic mass is 10.3. The molecule has 33 heavy (non-hydrogen) atoms. The molecule has 0 spiro atoms. The van der Waals surface area contributed by atoms with Crippen LogP contribution >= 0.6 is 0 Å². The van der Waals surface area contributed by atoms with Crippen molar-refractivity contribution in [3.8, 4) is 0 Å². The van der Waals surface area contributed by atoms with E-state index in [0.29, 0.717) is 64.1 Å². The molecule has 0 atom stereocenters. The zero-order chi connectivity index (χ0) is 23.7. The molecule has 0 radical (unpaired) electrons. The van der Waals surface area contributed by atoms with Crippen molar-refractivity contribution in [3.63, 3.8) is 0 Å². The summed E-state index contributed by atoms with van der Waals surface area (Å²) in [5, 5.41) is 19.7. The standard InChI is InChI=1S/C18H30N10O5/c1-30-7-9-32-5-3-27-14-16(21-24-27)12-26(18(29)11-20-23-19)13-17-15-28(25-22-17)4-6-33-10-8-31-2/h14-15H,3-13H2,1-2H3. The van der Waals surface area contributed by atoms with Crippen LogP contribution in [0, 0.1) is 0 Å². The van der Waals surface area contributed by atoms with Gasteiger partial charge in [-0.3, -0.25) is 4.79 Å². The molecule has 0 aromatic carbocycles. The minimum atomic E-state index is -0.359. The molecule has 0 aliphatic carbocycles. The van der Waals surface area contributed by atoms with E-state index in [1.807, 2.05) is 0 Å². The number of carbonyl (C=O) groups excluding carboxylic acids is 1. The van der Waals surface area contributed by atoms with Crippen LogP contribution in [0.1, 0.15) is 11.4 Å². The van der Waals surface area contributed by atoms with Crippen LogP contribution in [0.15, 0.2) is 17.5 Å². The summed E-state index contributed by atoms with van der Waals surface area (Å²) in [4.78, 5) is 16.7. The van der Waals surface area contributed by atoms with Gasteiger partial charge in [0.15, 0.2) is 0 Å². The number of aromatic nitrogens is 6. The molecule has 0 saturated heterocycles. The second-order valence-corrected chi connectivity index (χ2v) is 6.80. The maximum Gasteiger partial charge on any atom is 0.229 e. The lowest BCUT2D eigenvalue weighted by Gasteiger charge is -2.19. The van der Waals surface area contributed by atoms with E-state index in [4.69, 9.17) is 24.5 Å². The first-order chi connectivity index (χ1) is 16.2. The SMILES string of the molecule is COCCOCCn1cc(CN(Cc2cn(CCOCCOC)nn2)C(=O)CN=[N+]=[N-])nn1. The topological polar surface area (TPSA) is 167 Å². The summed E-state index contributed by atoms with van der Waals surface area (Å²) in [7, 11) is 3.23. The Hall–Kier alpha value is -3.10. The van der Waals surface area contributed by atoms with Gasteiger partial charge in [0.2, 0.25) is 5.91 Å². The van der Waals surface area contributed by atoms with Gasteiger partial charge < -0.3 is 23.8 Å². The fourth-order valence-corrected chi connectivity index (χ4v) is 2.66. The van der Waals surface area contributed by atoms with Crippen LogP contribution in [0.5, 0.6) is 0 Å². The summed E-state index contributed by atoms with van der Waals surface area (Å²) in [6, 6.07) is 0. The van der Waals surface area contributed by atoms with Crippen LogP contribution in [-0.2, 0) is 49.9 Å². The van der Waals surface area contributed by atoms with Crippen molar-refractivity contribution in [2.75, 3.05) is 60.4 Å². The van der Waals surface area contributed by atoms with Gasteiger partial charge in [0, 0.05) is 19.1 Å². The van der Waals surface area contributed by atoms with Crippen molar-refractivity contribution in [3.05, 3.63) is 34.2 Å². The van der Waals surface area contributed by atoms with Gasteiger partial charge in [-0.1, -0.05) is 15.5 Å². The maximum atomic E-state index is 12.6. The highest BCUT2D eigenvalue weighted by Crippen LogP contribution is 2.08. The first-order valence-corrected chi connectivity index (χ1v) is 10.4. The normalized spacial score (nSPS) is 10.8. The second kappa shape index (κ2) is 15.7. The highest BCUT2D eigenvalue weighted by atomic mass is 16.5. The molecule has 0 bridgehead atoms. The molecule has 15 heteroatoms. The van der Waals surface area contributed by atoms with Crippen LogP contribution in [0.25, 0.3) is 10.4 Å². The van der Waals surface area contributed by atoms with Crippen LogP contribution < -0.4 is 0 Å². The Balaban J connectivity index is 1.91. The summed E-state index contributed by atoms with van der Waals surface area (Å²) in [6.07, 6.45) is 3.48. The van der Waals surface area contributed by atoms with Gasteiger partial charge in [0.1, 0.15) is 17.9 Å². The third-order valence-corrected chi connectivity index (χ3v) is 4.29. The first kappa shape index (κ1) is 26.2. The van der Waals surface area contributed by atoms with E-state index in [1.165, 1.54) is 4.90 Å². The van der Waals surface area contributed by atoms with Gasteiger partial charge in [-0.15, -0.1) is 10.2 Å². The summed E-state index contributed by atoms with van der Waals surface area (Å²) < 4.78 is 24.0. The van der Waals surface area contributed by atoms with Crippen molar-refractivity contribution >= 4 is 5.91 Å². The molecule has 0 fully saturated rings. The summed E-state index contributed by atoms with van der Waals surface area (Å²) >= 11 is 0. The number of nitrogens with zero attached hydrogens (tertiary/aromatic N) is 10. The van der Waals surface area contributed by atoms with Gasteiger partial charge in [0.25, 0.3) is 0 Å². The van der Waals surface area contributed by atoms with Crippen LogP contribution in [-0.4, -0.2) is 101 Å². The Labute approximate surface area is 191 Å². The highest BCUT2D eigenvalue weighted by molar-refractivity contribution is 5.78. The van der Waals surface area contributed by atoms with Crippen LogP contribution in [0.2, 0.25) is 0 Å². The van der Waals surface area contributed by atoms with E-state index in [-0.39, 0.29) is 25.5 Å². The summed E-state index contributed by atoms with van der Waals surface area (Å²) in [6.45, 7) is 4.06. The van der Waals surface area contributed by atoms with Crippen molar-refractivity contribution in [1.29, 1.82) is 0 Å².